The average Bonchev–Trinajstić information content (AvgIpc) is 2.66. The molecular weight excluding hydrogens is 382 g/mol. The van der Waals surface area contributed by atoms with E-state index in [2.05, 4.69) is 14.7 Å². The molecule has 0 unspecified atom stereocenters. The minimum Gasteiger partial charge on any atom is -0.493 e. The number of anilines is 1. The molecular formula is C19H19N3O5S. The molecule has 28 heavy (non-hydrogen) atoms. The zero-order valence-corrected chi connectivity index (χ0v) is 16.3. The fraction of sp³-hybridized carbons (Fsp3) is 0.158. The lowest BCUT2D eigenvalue weighted by Crippen LogP contribution is -2.13. The van der Waals surface area contributed by atoms with Gasteiger partial charge < -0.3 is 14.5 Å². The van der Waals surface area contributed by atoms with Crippen LogP contribution in [0.4, 0.5) is 5.69 Å². The highest BCUT2D eigenvalue weighted by Gasteiger charge is 2.17. The molecule has 0 amide bonds. The van der Waals surface area contributed by atoms with E-state index in [1.54, 1.807) is 31.2 Å². The Kier molecular flexibility index (Phi) is 5.36. The van der Waals surface area contributed by atoms with Crippen molar-refractivity contribution in [2.75, 3.05) is 18.9 Å². The third-order valence-corrected chi connectivity index (χ3v) is 5.30. The van der Waals surface area contributed by atoms with Crippen LogP contribution in [0.5, 0.6) is 11.5 Å². The number of H-pyrrole nitrogens is 1. The highest BCUT2D eigenvalue weighted by molar-refractivity contribution is 7.92. The Morgan fingerprint density at radius 1 is 1.00 bits per heavy atom. The van der Waals surface area contributed by atoms with E-state index in [0.717, 1.165) is 0 Å². The van der Waals surface area contributed by atoms with Gasteiger partial charge in [-0.05, 0) is 31.2 Å². The average molecular weight is 401 g/mol. The molecule has 2 aromatic carbocycles. The van der Waals surface area contributed by atoms with Crippen LogP contribution in [0.15, 0.2) is 58.2 Å². The summed E-state index contributed by atoms with van der Waals surface area (Å²) in [6, 6.07) is 12.3. The molecule has 2 N–H and O–H groups in total. The van der Waals surface area contributed by atoms with Gasteiger partial charge in [-0.3, -0.25) is 9.52 Å². The molecule has 0 aliphatic rings. The van der Waals surface area contributed by atoms with Crippen LogP contribution in [-0.4, -0.2) is 32.6 Å². The molecule has 0 aliphatic heterocycles. The first kappa shape index (κ1) is 19.4. The van der Waals surface area contributed by atoms with Crippen LogP contribution >= 0.6 is 0 Å². The monoisotopic (exact) mass is 401 g/mol. The normalized spacial score (nSPS) is 11.1. The first-order valence-electron chi connectivity index (χ1n) is 8.25. The number of aromatic amines is 1. The summed E-state index contributed by atoms with van der Waals surface area (Å²) < 4.78 is 38.3. The highest BCUT2D eigenvalue weighted by atomic mass is 32.2. The van der Waals surface area contributed by atoms with Crippen molar-refractivity contribution in [3.8, 4) is 22.9 Å². The number of nitrogens with one attached hydrogen (secondary N) is 2. The predicted molar refractivity (Wildman–Crippen MR) is 105 cm³/mol. The molecule has 1 heterocycles. The Morgan fingerprint density at radius 3 is 2.43 bits per heavy atom. The summed E-state index contributed by atoms with van der Waals surface area (Å²) in [6.45, 7) is 1.71. The van der Waals surface area contributed by atoms with Gasteiger partial charge in [-0.25, -0.2) is 13.4 Å². The Morgan fingerprint density at radius 2 is 1.75 bits per heavy atom. The number of aromatic nitrogens is 2. The van der Waals surface area contributed by atoms with Crippen LogP contribution in [0.1, 0.15) is 5.69 Å². The topological polar surface area (TPSA) is 110 Å². The predicted octanol–water partition coefficient (Wildman–Crippen LogP) is 2.56. The van der Waals surface area contributed by atoms with Gasteiger partial charge in [0.25, 0.3) is 15.6 Å². The van der Waals surface area contributed by atoms with Crippen molar-refractivity contribution in [1.29, 1.82) is 0 Å². The fourth-order valence-corrected chi connectivity index (χ4v) is 3.71. The summed E-state index contributed by atoms with van der Waals surface area (Å²) in [7, 11) is -0.961. The lowest BCUT2D eigenvalue weighted by Gasteiger charge is -2.12. The molecule has 0 saturated carbocycles. The highest BCUT2D eigenvalue weighted by Crippen LogP contribution is 2.30. The SMILES string of the molecule is COc1ccc(S(=O)(=O)Nc2cccc(-c3nc(C)cc(=O)[nH]3)c2)cc1OC. The van der Waals surface area contributed by atoms with Gasteiger partial charge in [0.1, 0.15) is 5.82 Å². The number of ether oxygens (including phenoxy) is 2. The van der Waals surface area contributed by atoms with E-state index in [1.165, 1.54) is 38.5 Å². The van der Waals surface area contributed by atoms with E-state index >= 15 is 0 Å². The van der Waals surface area contributed by atoms with Gasteiger partial charge >= 0.3 is 0 Å². The van der Waals surface area contributed by atoms with Gasteiger partial charge in [-0.15, -0.1) is 0 Å². The summed E-state index contributed by atoms with van der Waals surface area (Å²) in [6.07, 6.45) is 0. The van der Waals surface area contributed by atoms with Crippen LogP contribution in [0.3, 0.4) is 0 Å². The van der Waals surface area contributed by atoms with E-state index in [4.69, 9.17) is 9.47 Å². The second-order valence-corrected chi connectivity index (χ2v) is 7.62. The second kappa shape index (κ2) is 7.73. The van der Waals surface area contributed by atoms with E-state index in [9.17, 15) is 13.2 Å². The smallest absolute Gasteiger partial charge is 0.262 e. The zero-order valence-electron chi connectivity index (χ0n) is 15.5. The van der Waals surface area contributed by atoms with Crippen molar-refractivity contribution in [3.05, 3.63) is 64.6 Å². The van der Waals surface area contributed by atoms with Crippen molar-refractivity contribution in [1.82, 2.24) is 9.97 Å². The molecule has 0 aliphatic carbocycles. The number of aryl methyl sites for hydroxylation is 1. The van der Waals surface area contributed by atoms with Crippen LogP contribution in [0.25, 0.3) is 11.4 Å². The standard InChI is InChI=1S/C19H19N3O5S/c1-12-9-18(23)21-19(20-12)13-5-4-6-14(10-13)22-28(24,25)15-7-8-16(26-2)17(11-15)27-3/h4-11,22H,1-3H3,(H,20,21,23). The van der Waals surface area contributed by atoms with E-state index in [1.807, 2.05) is 0 Å². The van der Waals surface area contributed by atoms with Crippen LogP contribution in [0, 0.1) is 6.92 Å². The molecule has 0 spiro atoms. The van der Waals surface area contributed by atoms with Crippen molar-refractivity contribution in [2.24, 2.45) is 0 Å². The molecule has 146 valence electrons. The van der Waals surface area contributed by atoms with Gasteiger partial charge in [-0.2, -0.15) is 0 Å². The second-order valence-electron chi connectivity index (χ2n) is 5.94. The molecule has 3 rings (SSSR count). The number of hydrogen-bond donors (Lipinski definition) is 2. The van der Waals surface area contributed by atoms with Gasteiger partial charge in [0, 0.05) is 29.1 Å². The first-order chi connectivity index (χ1) is 13.3. The molecule has 3 aromatic rings. The molecule has 0 radical (unpaired) electrons. The molecule has 0 bridgehead atoms. The first-order valence-corrected chi connectivity index (χ1v) is 9.74. The van der Waals surface area contributed by atoms with Gasteiger partial charge in [0.15, 0.2) is 11.5 Å². The number of benzene rings is 2. The Labute approximate surface area is 162 Å². The number of hydrogen-bond acceptors (Lipinski definition) is 6. The molecule has 0 atom stereocenters. The van der Waals surface area contributed by atoms with Gasteiger partial charge in [0.05, 0.1) is 19.1 Å². The summed E-state index contributed by atoms with van der Waals surface area (Å²) >= 11 is 0. The third-order valence-electron chi connectivity index (χ3n) is 3.92. The quantitative estimate of drug-likeness (QED) is 0.657. The van der Waals surface area contributed by atoms with Gasteiger partial charge in [-0.1, -0.05) is 12.1 Å². The summed E-state index contributed by atoms with van der Waals surface area (Å²) in [5.41, 5.74) is 1.19. The number of sulfonamides is 1. The zero-order chi connectivity index (χ0) is 20.3. The maximum Gasteiger partial charge on any atom is 0.262 e. The summed E-state index contributed by atoms with van der Waals surface area (Å²) in [4.78, 5) is 18.6. The maximum atomic E-state index is 12.7. The van der Waals surface area contributed by atoms with Gasteiger partial charge in [0.2, 0.25) is 0 Å². The van der Waals surface area contributed by atoms with Crippen LogP contribution in [0.2, 0.25) is 0 Å². The van der Waals surface area contributed by atoms with Crippen LogP contribution < -0.4 is 19.8 Å². The van der Waals surface area contributed by atoms with E-state index < -0.39 is 10.0 Å². The number of rotatable bonds is 6. The third kappa shape index (κ3) is 4.15. The molecule has 0 saturated heterocycles. The number of methoxy groups -OCH3 is 2. The van der Waals surface area contributed by atoms with Crippen molar-refractivity contribution < 1.29 is 17.9 Å². The fourth-order valence-electron chi connectivity index (χ4n) is 2.64. The minimum atomic E-state index is -3.86. The van der Waals surface area contributed by atoms with Crippen molar-refractivity contribution >= 4 is 15.7 Å². The molecule has 9 heteroatoms. The van der Waals surface area contributed by atoms with Crippen molar-refractivity contribution in [2.45, 2.75) is 11.8 Å². The Bertz CT molecular complexity index is 1170. The molecule has 1 aromatic heterocycles. The Hall–Kier alpha value is -3.33. The summed E-state index contributed by atoms with van der Waals surface area (Å²) in [5, 5.41) is 0. The van der Waals surface area contributed by atoms with Crippen molar-refractivity contribution in [3.63, 3.8) is 0 Å². The minimum absolute atomic E-state index is 0.0256. The number of nitrogens with zero attached hydrogens (tertiary/aromatic N) is 1. The molecule has 0 fully saturated rings. The maximum absolute atomic E-state index is 12.7. The lowest BCUT2D eigenvalue weighted by atomic mass is 10.2. The van der Waals surface area contributed by atoms with E-state index in [-0.39, 0.29) is 10.5 Å². The van der Waals surface area contributed by atoms with E-state index in [0.29, 0.717) is 34.3 Å². The lowest BCUT2D eigenvalue weighted by molar-refractivity contribution is 0.354. The largest absolute Gasteiger partial charge is 0.493 e. The Balaban J connectivity index is 1.94. The van der Waals surface area contributed by atoms with Crippen LogP contribution in [-0.2, 0) is 10.0 Å². The summed E-state index contributed by atoms with van der Waals surface area (Å²) in [5.74, 6) is 1.09. The molecule has 8 nitrogen and oxygen atoms in total.